The lowest BCUT2D eigenvalue weighted by Crippen LogP contribution is -2.32. The number of aromatic nitrogens is 2. The summed E-state index contributed by atoms with van der Waals surface area (Å²) in [6.07, 6.45) is 6.12. The van der Waals surface area contributed by atoms with Crippen molar-refractivity contribution in [1.29, 1.82) is 0 Å². The Kier molecular flexibility index (Phi) is 6.12. The summed E-state index contributed by atoms with van der Waals surface area (Å²) in [5.41, 5.74) is 1.25. The number of carbonyl (C=O) groups is 1. The third kappa shape index (κ3) is 5.26. The summed E-state index contributed by atoms with van der Waals surface area (Å²) in [6.45, 7) is 3.31. The molecule has 0 atom stereocenters. The molecule has 6 heteroatoms. The molecule has 1 aliphatic rings. The Hall–Kier alpha value is -1.69. The average Bonchev–Trinajstić information content (AvgIpc) is 2.47. The maximum absolute atomic E-state index is 12.2. The van der Waals surface area contributed by atoms with Gasteiger partial charge in [-0.05, 0) is 39.9 Å². The van der Waals surface area contributed by atoms with Gasteiger partial charge in [-0.25, -0.2) is 9.97 Å². The third-order valence-electron chi connectivity index (χ3n) is 3.87. The fourth-order valence-corrected chi connectivity index (χ4v) is 2.66. The van der Waals surface area contributed by atoms with Gasteiger partial charge in [-0.1, -0.05) is 19.3 Å². The Morgan fingerprint density at radius 1 is 1.27 bits per heavy atom. The Balaban J connectivity index is 1.97. The van der Waals surface area contributed by atoms with Gasteiger partial charge in [0.25, 0.3) is 5.91 Å². The molecule has 0 unspecified atom stereocenters. The van der Waals surface area contributed by atoms with Gasteiger partial charge >= 0.3 is 0 Å². The monoisotopic (exact) mass is 305 g/mol. The van der Waals surface area contributed by atoms with E-state index in [2.05, 4.69) is 20.6 Å². The minimum Gasteiger partial charge on any atom is -0.351 e. The molecule has 0 spiro atoms. The van der Waals surface area contributed by atoms with Crippen LogP contribution in [-0.2, 0) is 0 Å². The van der Waals surface area contributed by atoms with Crippen molar-refractivity contribution < 1.29 is 4.79 Å². The van der Waals surface area contributed by atoms with Crippen molar-refractivity contribution in [1.82, 2.24) is 20.2 Å². The molecule has 0 aromatic carbocycles. The van der Waals surface area contributed by atoms with E-state index in [0.717, 1.165) is 25.1 Å². The summed E-state index contributed by atoms with van der Waals surface area (Å²) < 4.78 is 0. The number of carbonyl (C=O) groups excluding carboxylic acids is 1. The zero-order valence-electron chi connectivity index (χ0n) is 13.9. The molecule has 1 fully saturated rings. The van der Waals surface area contributed by atoms with E-state index >= 15 is 0 Å². The van der Waals surface area contributed by atoms with Crippen molar-refractivity contribution in [3.63, 3.8) is 0 Å². The smallest absolute Gasteiger partial charge is 0.270 e. The number of anilines is 1. The second-order valence-electron chi connectivity index (χ2n) is 6.26. The molecule has 0 saturated heterocycles. The van der Waals surface area contributed by atoms with Crippen molar-refractivity contribution >= 4 is 11.9 Å². The van der Waals surface area contributed by atoms with Crippen LogP contribution in [0.25, 0.3) is 0 Å². The van der Waals surface area contributed by atoms with E-state index in [1.54, 1.807) is 6.07 Å². The predicted octanol–water partition coefficient (Wildman–Crippen LogP) is 1.82. The molecule has 22 heavy (non-hydrogen) atoms. The molecule has 1 amide bonds. The summed E-state index contributed by atoms with van der Waals surface area (Å²) in [7, 11) is 3.96. The van der Waals surface area contributed by atoms with Crippen LogP contribution in [0.1, 0.15) is 48.3 Å². The van der Waals surface area contributed by atoms with Gasteiger partial charge in [-0.2, -0.15) is 0 Å². The Morgan fingerprint density at radius 2 is 2.00 bits per heavy atom. The fourth-order valence-electron chi connectivity index (χ4n) is 2.66. The van der Waals surface area contributed by atoms with Gasteiger partial charge in [0.15, 0.2) is 0 Å². The first-order chi connectivity index (χ1) is 10.5. The van der Waals surface area contributed by atoms with E-state index < -0.39 is 0 Å². The van der Waals surface area contributed by atoms with E-state index in [0.29, 0.717) is 24.2 Å². The summed E-state index contributed by atoms with van der Waals surface area (Å²) in [6, 6.07) is 2.16. The van der Waals surface area contributed by atoms with Crippen LogP contribution < -0.4 is 10.6 Å². The van der Waals surface area contributed by atoms with Gasteiger partial charge in [0.2, 0.25) is 5.95 Å². The summed E-state index contributed by atoms with van der Waals surface area (Å²) in [5, 5.41) is 6.27. The van der Waals surface area contributed by atoms with Gasteiger partial charge in [0.05, 0.1) is 0 Å². The molecule has 1 saturated carbocycles. The number of amides is 1. The second kappa shape index (κ2) is 8.08. The zero-order chi connectivity index (χ0) is 15.9. The highest BCUT2D eigenvalue weighted by Crippen LogP contribution is 2.20. The number of likely N-dealkylation sites (N-methyl/N-ethyl adjacent to an activating group) is 1. The number of nitrogens with one attached hydrogen (secondary N) is 2. The first-order valence-electron chi connectivity index (χ1n) is 8.10. The quantitative estimate of drug-likeness (QED) is 0.839. The maximum Gasteiger partial charge on any atom is 0.270 e. The molecular formula is C16H27N5O. The predicted molar refractivity (Wildman–Crippen MR) is 88.2 cm³/mol. The first-order valence-corrected chi connectivity index (χ1v) is 8.10. The first kappa shape index (κ1) is 16.7. The minimum atomic E-state index is -0.140. The van der Waals surface area contributed by atoms with Crippen LogP contribution in [0.2, 0.25) is 0 Å². The molecule has 2 N–H and O–H groups in total. The van der Waals surface area contributed by atoms with Crippen LogP contribution in [0.15, 0.2) is 6.07 Å². The molecule has 122 valence electrons. The lowest BCUT2D eigenvalue weighted by molar-refractivity contribution is 0.0946. The van der Waals surface area contributed by atoms with Crippen molar-refractivity contribution in [2.75, 3.05) is 32.5 Å². The van der Waals surface area contributed by atoms with Crippen LogP contribution in [0.3, 0.4) is 0 Å². The highest BCUT2D eigenvalue weighted by molar-refractivity contribution is 5.92. The fraction of sp³-hybridized carbons (Fsp3) is 0.688. The van der Waals surface area contributed by atoms with E-state index in [9.17, 15) is 4.79 Å². The number of hydrogen-bond acceptors (Lipinski definition) is 5. The molecule has 1 heterocycles. The standard InChI is InChI=1S/C16H27N5O/c1-12-11-14(15(22)17-9-10-21(2)3)20-16(18-12)19-13-7-5-4-6-8-13/h11,13H,4-10H2,1-3H3,(H,17,22)(H,18,19,20). The molecule has 0 bridgehead atoms. The van der Waals surface area contributed by atoms with Crippen molar-refractivity contribution in [2.24, 2.45) is 0 Å². The third-order valence-corrected chi connectivity index (χ3v) is 3.87. The van der Waals surface area contributed by atoms with Crippen molar-refractivity contribution in [3.8, 4) is 0 Å². The van der Waals surface area contributed by atoms with Gasteiger partial charge in [0, 0.05) is 24.8 Å². The summed E-state index contributed by atoms with van der Waals surface area (Å²) >= 11 is 0. The summed E-state index contributed by atoms with van der Waals surface area (Å²) in [4.78, 5) is 23.0. The topological polar surface area (TPSA) is 70.2 Å². The average molecular weight is 305 g/mol. The molecular weight excluding hydrogens is 278 g/mol. The Bertz CT molecular complexity index is 497. The van der Waals surface area contributed by atoms with Crippen molar-refractivity contribution in [3.05, 3.63) is 17.5 Å². The molecule has 0 aliphatic heterocycles. The number of hydrogen-bond donors (Lipinski definition) is 2. The largest absolute Gasteiger partial charge is 0.351 e. The lowest BCUT2D eigenvalue weighted by atomic mass is 9.96. The lowest BCUT2D eigenvalue weighted by Gasteiger charge is -2.23. The highest BCUT2D eigenvalue weighted by atomic mass is 16.1. The number of rotatable bonds is 6. The minimum absolute atomic E-state index is 0.140. The Morgan fingerprint density at radius 3 is 2.68 bits per heavy atom. The SMILES string of the molecule is Cc1cc(C(=O)NCCN(C)C)nc(NC2CCCCC2)n1. The van der Waals surface area contributed by atoms with Gasteiger partial charge in [-0.15, -0.1) is 0 Å². The summed E-state index contributed by atoms with van der Waals surface area (Å²) in [5.74, 6) is 0.434. The number of nitrogens with zero attached hydrogens (tertiary/aromatic N) is 3. The second-order valence-corrected chi connectivity index (χ2v) is 6.26. The van der Waals surface area contributed by atoms with Crippen LogP contribution >= 0.6 is 0 Å². The maximum atomic E-state index is 12.2. The highest BCUT2D eigenvalue weighted by Gasteiger charge is 2.16. The van der Waals surface area contributed by atoms with Crippen LogP contribution in [0.4, 0.5) is 5.95 Å². The van der Waals surface area contributed by atoms with Gasteiger partial charge < -0.3 is 15.5 Å². The van der Waals surface area contributed by atoms with E-state index in [-0.39, 0.29) is 5.91 Å². The van der Waals surface area contributed by atoms with E-state index in [1.165, 1.54) is 19.3 Å². The van der Waals surface area contributed by atoms with Crippen molar-refractivity contribution in [2.45, 2.75) is 45.1 Å². The zero-order valence-corrected chi connectivity index (χ0v) is 13.9. The Labute approximate surface area is 132 Å². The van der Waals surface area contributed by atoms with Crippen LogP contribution in [0, 0.1) is 6.92 Å². The van der Waals surface area contributed by atoms with E-state index in [4.69, 9.17) is 0 Å². The van der Waals surface area contributed by atoms with Gasteiger partial charge in [-0.3, -0.25) is 4.79 Å². The molecule has 1 aromatic rings. The van der Waals surface area contributed by atoms with Crippen LogP contribution in [-0.4, -0.2) is 54.0 Å². The van der Waals surface area contributed by atoms with Gasteiger partial charge in [0.1, 0.15) is 5.69 Å². The van der Waals surface area contributed by atoms with Crippen LogP contribution in [0.5, 0.6) is 0 Å². The molecule has 2 rings (SSSR count). The number of aryl methyl sites for hydroxylation is 1. The molecule has 0 radical (unpaired) electrons. The molecule has 1 aromatic heterocycles. The molecule has 6 nitrogen and oxygen atoms in total. The normalized spacial score (nSPS) is 15.8. The molecule has 1 aliphatic carbocycles. The van der Waals surface area contributed by atoms with E-state index in [1.807, 2.05) is 25.9 Å².